The van der Waals surface area contributed by atoms with Crippen molar-refractivity contribution in [1.29, 1.82) is 0 Å². The van der Waals surface area contributed by atoms with Crippen LogP contribution in [0.15, 0.2) is 29.4 Å². The Bertz CT molecular complexity index is 1150. The highest BCUT2D eigenvalue weighted by Gasteiger charge is 2.25. The van der Waals surface area contributed by atoms with Gasteiger partial charge in [0.2, 0.25) is 5.91 Å². The van der Waals surface area contributed by atoms with Crippen molar-refractivity contribution in [2.45, 2.75) is 83.3 Å². The number of carbonyl (C=O) groups is 1. The lowest BCUT2D eigenvalue weighted by atomic mass is 9.86. The number of benzene rings is 1. The first kappa shape index (κ1) is 24.5. The molecule has 1 fully saturated rings. The van der Waals surface area contributed by atoms with E-state index >= 15 is 0 Å². The molecule has 182 valence electrons. The topological polar surface area (TPSA) is 77.6 Å². The maximum atomic E-state index is 12.8. The fraction of sp³-hybridized carbons (Fsp3) is 0.538. The molecule has 0 radical (unpaired) electrons. The van der Waals surface area contributed by atoms with Crippen molar-refractivity contribution in [2.24, 2.45) is 7.05 Å². The quantitative estimate of drug-likeness (QED) is 0.449. The molecule has 0 atom stereocenters. The molecule has 4 rings (SSSR count). The summed E-state index contributed by atoms with van der Waals surface area (Å²) in [4.78, 5) is 12.8. The molecular weight excluding hydrogens is 444 g/mol. The lowest BCUT2D eigenvalue weighted by molar-refractivity contribution is -0.113. The lowest BCUT2D eigenvalue weighted by Gasteiger charge is -2.26. The van der Waals surface area contributed by atoms with Crippen molar-refractivity contribution in [3.63, 3.8) is 0 Å². The van der Waals surface area contributed by atoms with E-state index in [1.165, 1.54) is 36.6 Å². The van der Waals surface area contributed by atoms with Crippen LogP contribution in [0.1, 0.15) is 75.9 Å². The number of anilines is 1. The average Bonchev–Trinajstić information content (AvgIpc) is 3.34. The molecule has 1 aromatic carbocycles. The van der Waals surface area contributed by atoms with E-state index in [1.807, 2.05) is 20.9 Å². The van der Waals surface area contributed by atoms with Crippen molar-refractivity contribution >= 4 is 23.4 Å². The molecule has 34 heavy (non-hydrogen) atoms. The second kappa shape index (κ2) is 9.94. The van der Waals surface area contributed by atoms with Gasteiger partial charge in [0.05, 0.1) is 22.8 Å². The fourth-order valence-electron chi connectivity index (χ4n) is 4.62. The number of thioether (sulfide) groups is 1. The number of rotatable bonds is 6. The minimum absolute atomic E-state index is 0.0570. The molecule has 7 nitrogen and oxygen atoms in total. The van der Waals surface area contributed by atoms with Gasteiger partial charge in [-0.1, -0.05) is 76.1 Å². The predicted octanol–water partition coefficient (Wildman–Crippen LogP) is 5.83. The van der Waals surface area contributed by atoms with Crippen molar-refractivity contribution in [2.75, 3.05) is 11.1 Å². The maximum Gasteiger partial charge on any atom is 0.234 e. The lowest BCUT2D eigenvalue weighted by Crippen LogP contribution is -2.18. The van der Waals surface area contributed by atoms with E-state index in [2.05, 4.69) is 70.2 Å². The van der Waals surface area contributed by atoms with Crippen LogP contribution in [0, 0.1) is 13.8 Å². The number of nitrogens with zero attached hydrogens (tertiary/aromatic N) is 5. The van der Waals surface area contributed by atoms with E-state index < -0.39 is 0 Å². The van der Waals surface area contributed by atoms with Gasteiger partial charge in [-0.2, -0.15) is 5.10 Å². The first-order valence-corrected chi connectivity index (χ1v) is 13.1. The zero-order chi connectivity index (χ0) is 24.5. The fourth-order valence-corrected chi connectivity index (χ4v) is 5.43. The third kappa shape index (κ3) is 5.22. The standard InChI is InChI=1S/C26H36N6OS/c1-17-23(18(2)31(6)30-17)27-22(33)16-34-25-29-28-24(32(25)21-10-8-7-9-11-21)19-12-14-20(15-13-19)26(3,4)5/h12-15,21H,7-11,16H2,1-6H3,(H,27,33). The highest BCUT2D eigenvalue weighted by Crippen LogP contribution is 2.36. The number of aromatic nitrogens is 5. The molecule has 0 saturated heterocycles. The highest BCUT2D eigenvalue weighted by molar-refractivity contribution is 7.99. The van der Waals surface area contributed by atoms with Crippen LogP contribution in [0.4, 0.5) is 5.69 Å². The van der Waals surface area contributed by atoms with E-state index in [0.29, 0.717) is 6.04 Å². The van der Waals surface area contributed by atoms with Gasteiger partial charge in [0.1, 0.15) is 0 Å². The van der Waals surface area contributed by atoms with Crippen LogP contribution >= 0.6 is 11.8 Å². The van der Waals surface area contributed by atoms with Crippen LogP contribution in [0.5, 0.6) is 0 Å². The van der Waals surface area contributed by atoms with Crippen LogP contribution in [-0.4, -0.2) is 36.2 Å². The van der Waals surface area contributed by atoms with E-state index in [0.717, 1.165) is 46.5 Å². The van der Waals surface area contributed by atoms with Crippen molar-refractivity contribution in [1.82, 2.24) is 24.5 Å². The molecule has 2 heterocycles. The van der Waals surface area contributed by atoms with Crippen LogP contribution in [0.2, 0.25) is 0 Å². The Morgan fingerprint density at radius 1 is 1.09 bits per heavy atom. The summed E-state index contributed by atoms with van der Waals surface area (Å²) in [6.45, 7) is 10.5. The number of carbonyl (C=O) groups excluding carboxylic acids is 1. The van der Waals surface area contributed by atoms with Gasteiger partial charge in [0, 0.05) is 18.7 Å². The molecule has 1 aliphatic carbocycles. The average molecular weight is 481 g/mol. The Balaban J connectivity index is 1.56. The molecule has 0 unspecified atom stereocenters. The number of hydrogen-bond acceptors (Lipinski definition) is 5. The first-order valence-electron chi connectivity index (χ1n) is 12.1. The Hall–Kier alpha value is -2.61. The van der Waals surface area contributed by atoms with Gasteiger partial charge in [-0.15, -0.1) is 10.2 Å². The summed E-state index contributed by atoms with van der Waals surface area (Å²) in [6.07, 6.45) is 5.96. The van der Waals surface area contributed by atoms with Crippen LogP contribution in [-0.2, 0) is 17.3 Å². The Morgan fingerprint density at radius 3 is 2.35 bits per heavy atom. The molecule has 2 aromatic heterocycles. The summed E-state index contributed by atoms with van der Waals surface area (Å²) < 4.78 is 4.07. The third-order valence-electron chi connectivity index (χ3n) is 6.72. The molecule has 0 bridgehead atoms. The SMILES string of the molecule is Cc1nn(C)c(C)c1NC(=O)CSc1nnc(-c2ccc(C(C)(C)C)cc2)n1C1CCCCC1. The summed E-state index contributed by atoms with van der Waals surface area (Å²) in [7, 11) is 1.88. The molecule has 3 aromatic rings. The number of nitrogens with one attached hydrogen (secondary N) is 1. The zero-order valence-corrected chi connectivity index (χ0v) is 22.0. The van der Waals surface area contributed by atoms with Gasteiger partial charge in [-0.05, 0) is 37.7 Å². The molecular formula is C26H36N6OS. The maximum absolute atomic E-state index is 12.8. The number of amides is 1. The van der Waals surface area contributed by atoms with Crippen molar-refractivity contribution < 1.29 is 4.79 Å². The summed E-state index contributed by atoms with van der Waals surface area (Å²) in [5, 5.41) is 17.4. The summed E-state index contributed by atoms with van der Waals surface area (Å²) >= 11 is 1.46. The van der Waals surface area contributed by atoms with E-state index in [4.69, 9.17) is 0 Å². The molecule has 1 amide bonds. The van der Waals surface area contributed by atoms with Crippen LogP contribution < -0.4 is 5.32 Å². The van der Waals surface area contributed by atoms with Crippen LogP contribution in [0.25, 0.3) is 11.4 Å². The van der Waals surface area contributed by atoms with Gasteiger partial charge in [0.15, 0.2) is 11.0 Å². The Labute approximate surface area is 206 Å². The molecule has 1 saturated carbocycles. The van der Waals surface area contributed by atoms with Gasteiger partial charge in [-0.25, -0.2) is 0 Å². The highest BCUT2D eigenvalue weighted by atomic mass is 32.2. The van der Waals surface area contributed by atoms with E-state index in [1.54, 1.807) is 4.68 Å². The summed E-state index contributed by atoms with van der Waals surface area (Å²) in [5.74, 6) is 1.12. The second-order valence-corrected chi connectivity index (χ2v) is 11.2. The largest absolute Gasteiger partial charge is 0.322 e. The smallest absolute Gasteiger partial charge is 0.234 e. The minimum atomic E-state index is -0.0570. The molecule has 1 N–H and O–H groups in total. The van der Waals surface area contributed by atoms with Gasteiger partial charge >= 0.3 is 0 Å². The third-order valence-corrected chi connectivity index (χ3v) is 7.66. The molecule has 8 heteroatoms. The van der Waals surface area contributed by atoms with Crippen LogP contribution in [0.3, 0.4) is 0 Å². The Morgan fingerprint density at radius 2 is 1.76 bits per heavy atom. The Kier molecular flexibility index (Phi) is 7.17. The first-order chi connectivity index (χ1) is 16.1. The number of aryl methyl sites for hydroxylation is 2. The minimum Gasteiger partial charge on any atom is -0.322 e. The van der Waals surface area contributed by atoms with E-state index in [9.17, 15) is 4.79 Å². The zero-order valence-electron chi connectivity index (χ0n) is 21.2. The van der Waals surface area contributed by atoms with Gasteiger partial charge in [0.25, 0.3) is 0 Å². The predicted molar refractivity (Wildman–Crippen MR) is 138 cm³/mol. The molecule has 0 spiro atoms. The number of hydrogen-bond donors (Lipinski definition) is 1. The van der Waals surface area contributed by atoms with E-state index in [-0.39, 0.29) is 17.1 Å². The summed E-state index contributed by atoms with van der Waals surface area (Å²) in [6, 6.07) is 9.05. The van der Waals surface area contributed by atoms with Gasteiger partial charge < -0.3 is 5.32 Å². The summed E-state index contributed by atoms with van der Waals surface area (Å²) in [5.41, 5.74) is 5.04. The normalized spacial score (nSPS) is 15.0. The van der Waals surface area contributed by atoms with Crippen molar-refractivity contribution in [3.8, 4) is 11.4 Å². The van der Waals surface area contributed by atoms with Crippen molar-refractivity contribution in [3.05, 3.63) is 41.2 Å². The molecule has 1 aliphatic rings. The molecule has 0 aliphatic heterocycles. The second-order valence-electron chi connectivity index (χ2n) is 10.3. The monoisotopic (exact) mass is 480 g/mol. The van der Waals surface area contributed by atoms with Gasteiger partial charge in [-0.3, -0.25) is 14.0 Å².